The molecule has 8 heteroatoms. The number of amides is 1. The largest absolute Gasteiger partial charge is 0.382 e. The Morgan fingerprint density at radius 3 is 2.72 bits per heavy atom. The molecule has 3 N–H and O–H groups in total. The highest BCUT2D eigenvalue weighted by atomic mass is 32.2. The van der Waals surface area contributed by atoms with E-state index in [2.05, 4.69) is 10.2 Å². The number of aromatic amines is 1. The maximum Gasteiger partial charge on any atom is 0.259 e. The average molecular weight is 272 g/mol. The molecule has 1 amide bonds. The van der Waals surface area contributed by atoms with Gasteiger partial charge in [-0.25, -0.2) is 8.42 Å². The van der Waals surface area contributed by atoms with Gasteiger partial charge < -0.3 is 10.6 Å². The molecule has 0 unspecified atom stereocenters. The minimum absolute atomic E-state index is 0.00947. The van der Waals surface area contributed by atoms with Crippen LogP contribution in [0.5, 0.6) is 0 Å². The van der Waals surface area contributed by atoms with Gasteiger partial charge in [0, 0.05) is 18.8 Å². The minimum Gasteiger partial charge on any atom is -0.382 e. The van der Waals surface area contributed by atoms with Crippen LogP contribution >= 0.6 is 0 Å². The Hall–Kier alpha value is -1.57. The van der Waals surface area contributed by atoms with E-state index in [1.807, 2.05) is 0 Å². The quantitative estimate of drug-likeness (QED) is 0.720. The number of nitrogens with one attached hydrogen (secondary N) is 1. The predicted octanol–water partition coefficient (Wildman–Crippen LogP) is -0.439. The zero-order valence-electron chi connectivity index (χ0n) is 10.1. The first-order valence-electron chi connectivity index (χ1n) is 5.71. The number of anilines is 1. The van der Waals surface area contributed by atoms with Crippen LogP contribution in [-0.2, 0) is 9.84 Å². The van der Waals surface area contributed by atoms with Crippen molar-refractivity contribution in [2.75, 3.05) is 30.3 Å². The Balaban J connectivity index is 2.20. The number of carbonyl (C=O) groups excluding carboxylic acids is 1. The second kappa shape index (κ2) is 4.60. The lowest BCUT2D eigenvalue weighted by atomic mass is 10.2. The van der Waals surface area contributed by atoms with Crippen LogP contribution in [0.15, 0.2) is 0 Å². The smallest absolute Gasteiger partial charge is 0.259 e. The molecule has 1 aliphatic rings. The van der Waals surface area contributed by atoms with Crippen LogP contribution in [-0.4, -0.2) is 54.0 Å². The van der Waals surface area contributed by atoms with Crippen molar-refractivity contribution in [2.24, 2.45) is 0 Å². The zero-order chi connectivity index (χ0) is 13.3. The number of hydrogen-bond donors (Lipinski definition) is 2. The molecule has 2 rings (SSSR count). The van der Waals surface area contributed by atoms with Crippen LogP contribution < -0.4 is 5.73 Å². The predicted molar refractivity (Wildman–Crippen MR) is 66.9 cm³/mol. The molecule has 0 aliphatic carbocycles. The van der Waals surface area contributed by atoms with Crippen molar-refractivity contribution < 1.29 is 13.2 Å². The normalized spacial score (nSPS) is 19.5. The molecule has 2 heterocycles. The number of aromatic nitrogens is 2. The van der Waals surface area contributed by atoms with Crippen LogP contribution in [0.2, 0.25) is 0 Å². The Morgan fingerprint density at radius 1 is 1.39 bits per heavy atom. The van der Waals surface area contributed by atoms with Crippen molar-refractivity contribution in [1.29, 1.82) is 0 Å². The van der Waals surface area contributed by atoms with Crippen LogP contribution in [0.3, 0.4) is 0 Å². The Bertz CT molecular complexity index is 544. The lowest BCUT2D eigenvalue weighted by molar-refractivity contribution is 0.0769. The highest BCUT2D eigenvalue weighted by Gasteiger charge is 2.26. The molecule has 100 valence electrons. The maximum atomic E-state index is 12.3. The fourth-order valence-corrected chi connectivity index (χ4v) is 3.29. The molecular weight excluding hydrogens is 256 g/mol. The molecule has 1 aliphatic heterocycles. The molecule has 18 heavy (non-hydrogen) atoms. The van der Waals surface area contributed by atoms with Gasteiger partial charge in [0.15, 0.2) is 15.7 Å². The number of nitrogens with two attached hydrogens (primary N) is 1. The first-order valence-corrected chi connectivity index (χ1v) is 7.53. The Labute approximate surface area is 105 Å². The summed E-state index contributed by atoms with van der Waals surface area (Å²) in [6.45, 7) is 2.36. The van der Waals surface area contributed by atoms with Crippen molar-refractivity contribution >= 4 is 21.6 Å². The highest BCUT2D eigenvalue weighted by Crippen LogP contribution is 2.17. The summed E-state index contributed by atoms with van der Waals surface area (Å²) in [6.07, 6.45) is 0.463. The van der Waals surface area contributed by atoms with E-state index in [0.717, 1.165) is 0 Å². The molecule has 0 aromatic carbocycles. The van der Waals surface area contributed by atoms with Crippen molar-refractivity contribution in [3.8, 4) is 0 Å². The van der Waals surface area contributed by atoms with Gasteiger partial charge in [-0.05, 0) is 13.3 Å². The van der Waals surface area contributed by atoms with E-state index in [9.17, 15) is 13.2 Å². The van der Waals surface area contributed by atoms with E-state index in [-0.39, 0.29) is 29.8 Å². The van der Waals surface area contributed by atoms with Gasteiger partial charge in [0.1, 0.15) is 5.56 Å². The van der Waals surface area contributed by atoms with E-state index in [4.69, 9.17) is 5.73 Å². The third-order valence-electron chi connectivity index (χ3n) is 3.03. The summed E-state index contributed by atoms with van der Waals surface area (Å²) in [7, 11) is -3.02. The van der Waals surface area contributed by atoms with Gasteiger partial charge in [-0.3, -0.25) is 9.89 Å². The summed E-state index contributed by atoms with van der Waals surface area (Å²) >= 11 is 0. The lowest BCUT2D eigenvalue weighted by Gasteiger charge is -2.19. The van der Waals surface area contributed by atoms with Crippen molar-refractivity contribution in [1.82, 2.24) is 15.1 Å². The molecule has 0 spiro atoms. The van der Waals surface area contributed by atoms with Gasteiger partial charge in [-0.15, -0.1) is 0 Å². The third-order valence-corrected chi connectivity index (χ3v) is 4.75. The van der Waals surface area contributed by atoms with E-state index in [1.54, 1.807) is 6.92 Å². The molecule has 0 atom stereocenters. The number of hydrogen-bond acceptors (Lipinski definition) is 5. The van der Waals surface area contributed by atoms with E-state index < -0.39 is 9.84 Å². The summed E-state index contributed by atoms with van der Waals surface area (Å²) in [6, 6.07) is 0. The molecule has 1 saturated heterocycles. The first-order chi connectivity index (χ1) is 8.41. The molecule has 1 fully saturated rings. The fraction of sp³-hybridized carbons (Fsp3) is 0.600. The third kappa shape index (κ3) is 2.47. The summed E-state index contributed by atoms with van der Waals surface area (Å²) in [5, 5.41) is 6.42. The topological polar surface area (TPSA) is 109 Å². The number of carbonyl (C=O) groups is 1. The van der Waals surface area contributed by atoms with Crippen molar-refractivity contribution in [2.45, 2.75) is 13.3 Å². The second-order valence-electron chi connectivity index (χ2n) is 4.41. The maximum absolute atomic E-state index is 12.3. The molecular formula is C10H16N4O3S. The first kappa shape index (κ1) is 12.9. The number of aryl methyl sites for hydroxylation is 1. The fourth-order valence-electron chi connectivity index (χ4n) is 2.02. The minimum atomic E-state index is -3.02. The SMILES string of the molecule is Cc1[nH]nc(N)c1C(=O)N1CCCS(=O)(=O)CC1. The summed E-state index contributed by atoms with van der Waals surface area (Å²) < 4.78 is 23.0. The average Bonchev–Trinajstić information content (AvgIpc) is 2.51. The van der Waals surface area contributed by atoms with Crippen molar-refractivity contribution in [3.63, 3.8) is 0 Å². The summed E-state index contributed by atoms with van der Waals surface area (Å²) in [5.41, 5.74) is 6.58. The van der Waals surface area contributed by atoms with Gasteiger partial charge in [0.25, 0.3) is 5.91 Å². The van der Waals surface area contributed by atoms with Crippen LogP contribution in [0.25, 0.3) is 0 Å². The number of nitrogens with zero attached hydrogens (tertiary/aromatic N) is 2. The van der Waals surface area contributed by atoms with Gasteiger partial charge >= 0.3 is 0 Å². The van der Waals surface area contributed by atoms with Crippen molar-refractivity contribution in [3.05, 3.63) is 11.3 Å². The molecule has 0 radical (unpaired) electrons. The Kier molecular flexibility index (Phi) is 3.29. The highest BCUT2D eigenvalue weighted by molar-refractivity contribution is 7.91. The summed E-state index contributed by atoms with van der Waals surface area (Å²) in [5.74, 6) is 0.0482. The Morgan fingerprint density at radius 2 is 2.11 bits per heavy atom. The van der Waals surface area contributed by atoms with Crippen LogP contribution in [0.4, 0.5) is 5.82 Å². The standard InChI is InChI=1S/C10H16N4O3S/c1-7-8(9(11)13-12-7)10(15)14-3-2-5-18(16,17)6-4-14/h2-6H2,1H3,(H3,11,12,13). The van der Waals surface area contributed by atoms with E-state index in [1.165, 1.54) is 4.90 Å². The number of sulfone groups is 1. The van der Waals surface area contributed by atoms with Gasteiger partial charge in [0.05, 0.1) is 11.5 Å². The molecule has 1 aromatic rings. The van der Waals surface area contributed by atoms with Crippen LogP contribution in [0.1, 0.15) is 22.5 Å². The molecule has 7 nitrogen and oxygen atoms in total. The number of rotatable bonds is 1. The van der Waals surface area contributed by atoms with E-state index in [0.29, 0.717) is 24.2 Å². The van der Waals surface area contributed by atoms with Crippen LogP contribution in [0, 0.1) is 6.92 Å². The molecule has 0 bridgehead atoms. The number of nitrogen functional groups attached to an aromatic ring is 1. The second-order valence-corrected chi connectivity index (χ2v) is 6.71. The monoisotopic (exact) mass is 272 g/mol. The number of H-pyrrole nitrogens is 1. The molecule has 1 aromatic heterocycles. The lowest BCUT2D eigenvalue weighted by Crippen LogP contribution is -2.34. The van der Waals surface area contributed by atoms with E-state index >= 15 is 0 Å². The van der Waals surface area contributed by atoms with Gasteiger partial charge in [0.2, 0.25) is 0 Å². The molecule has 0 saturated carbocycles. The summed E-state index contributed by atoms with van der Waals surface area (Å²) in [4.78, 5) is 13.8. The van der Waals surface area contributed by atoms with Gasteiger partial charge in [-0.1, -0.05) is 0 Å². The van der Waals surface area contributed by atoms with Gasteiger partial charge in [-0.2, -0.15) is 5.10 Å². The zero-order valence-corrected chi connectivity index (χ0v) is 11.0.